The largest absolute Gasteiger partial charge is 0.392 e. The fourth-order valence-electron chi connectivity index (χ4n) is 2.65. The molecule has 0 heterocycles. The van der Waals surface area contributed by atoms with E-state index >= 15 is 0 Å². The molecule has 2 fully saturated rings. The lowest BCUT2D eigenvalue weighted by molar-refractivity contribution is -0.133. The number of thiocarbonyl (C=S) groups is 1. The van der Waals surface area contributed by atoms with Gasteiger partial charge >= 0.3 is 0 Å². The lowest BCUT2D eigenvalue weighted by atomic mass is 9.62. The maximum atomic E-state index is 12.1. The molecule has 2 rings (SSSR count). The second kappa shape index (κ2) is 5.45. The number of rotatable bonds is 6. The summed E-state index contributed by atoms with van der Waals surface area (Å²) in [7, 11) is 0. The van der Waals surface area contributed by atoms with Gasteiger partial charge in [0.2, 0.25) is 11.8 Å². The molecule has 4 N–H and O–H groups in total. The van der Waals surface area contributed by atoms with Crippen LogP contribution >= 0.6 is 12.2 Å². The van der Waals surface area contributed by atoms with Gasteiger partial charge in [0.05, 0.1) is 10.4 Å². The monoisotopic (exact) mass is 283 g/mol. The number of hydrogen-bond donors (Lipinski definition) is 3. The van der Waals surface area contributed by atoms with Crippen LogP contribution in [-0.4, -0.2) is 29.9 Å². The number of carbonyl (C=O) groups excluding carboxylic acids is 2. The standard InChI is InChI=1S/C13H21N3O2S/c1-8-6-13(7-8,11(14)19)12(18)16-5-4-15-10(17)9-2-3-9/h8-9H,2-7H2,1H3,(H2,14,19)(H,15,17)(H,16,18). The first-order chi connectivity index (χ1) is 8.95. The molecule has 0 aromatic carbocycles. The van der Waals surface area contributed by atoms with Crippen LogP contribution in [0.2, 0.25) is 0 Å². The molecule has 0 atom stereocenters. The summed E-state index contributed by atoms with van der Waals surface area (Å²) in [4.78, 5) is 23.8. The third-order valence-corrected chi connectivity index (χ3v) is 4.35. The zero-order valence-electron chi connectivity index (χ0n) is 11.2. The Morgan fingerprint density at radius 2 is 1.84 bits per heavy atom. The number of amides is 2. The fourth-order valence-corrected chi connectivity index (χ4v) is 2.91. The molecule has 0 bridgehead atoms. The summed E-state index contributed by atoms with van der Waals surface area (Å²) in [6, 6.07) is 0. The quantitative estimate of drug-likeness (QED) is 0.484. The van der Waals surface area contributed by atoms with Crippen molar-refractivity contribution < 1.29 is 9.59 Å². The summed E-state index contributed by atoms with van der Waals surface area (Å²) in [5.41, 5.74) is 5.04. The van der Waals surface area contributed by atoms with E-state index in [1.54, 1.807) is 0 Å². The SMILES string of the molecule is CC1CC(C(=O)NCCNC(=O)C2CC2)(C(N)=S)C1. The van der Waals surface area contributed by atoms with Crippen molar-refractivity contribution in [1.82, 2.24) is 10.6 Å². The molecule has 0 unspecified atom stereocenters. The van der Waals surface area contributed by atoms with Crippen molar-refractivity contribution in [3.05, 3.63) is 0 Å². The Hall–Kier alpha value is -1.17. The van der Waals surface area contributed by atoms with E-state index in [2.05, 4.69) is 17.6 Å². The molecule has 2 aliphatic carbocycles. The van der Waals surface area contributed by atoms with E-state index in [0.717, 1.165) is 25.7 Å². The average molecular weight is 283 g/mol. The molecule has 0 saturated heterocycles. The minimum atomic E-state index is -0.657. The van der Waals surface area contributed by atoms with Gasteiger partial charge in [-0.15, -0.1) is 0 Å². The molecule has 2 amide bonds. The van der Waals surface area contributed by atoms with Gasteiger partial charge in [0.25, 0.3) is 0 Å². The average Bonchev–Trinajstić information content (AvgIpc) is 3.13. The van der Waals surface area contributed by atoms with Crippen molar-refractivity contribution in [2.75, 3.05) is 13.1 Å². The van der Waals surface area contributed by atoms with Crippen LogP contribution in [0.5, 0.6) is 0 Å². The maximum absolute atomic E-state index is 12.1. The van der Waals surface area contributed by atoms with E-state index in [1.165, 1.54) is 0 Å². The summed E-state index contributed by atoms with van der Waals surface area (Å²) < 4.78 is 0. The summed E-state index contributed by atoms with van der Waals surface area (Å²) >= 11 is 5.02. The Bertz CT molecular complexity index is 401. The van der Waals surface area contributed by atoms with Gasteiger partial charge in [-0.25, -0.2) is 0 Å². The van der Waals surface area contributed by atoms with Crippen LogP contribution < -0.4 is 16.4 Å². The van der Waals surface area contributed by atoms with Gasteiger partial charge in [-0.05, 0) is 31.6 Å². The number of nitrogens with one attached hydrogen (secondary N) is 2. The molecular formula is C13H21N3O2S. The molecular weight excluding hydrogens is 262 g/mol. The number of carbonyl (C=O) groups is 2. The summed E-state index contributed by atoms with van der Waals surface area (Å²) in [6.45, 7) is 2.97. The van der Waals surface area contributed by atoms with Crippen LogP contribution in [-0.2, 0) is 9.59 Å². The molecule has 0 spiro atoms. The molecule has 0 aromatic heterocycles. The van der Waals surface area contributed by atoms with Gasteiger partial charge in [-0.3, -0.25) is 9.59 Å². The predicted octanol–water partition coefficient (Wildman–Crippen LogP) is 0.331. The third kappa shape index (κ3) is 3.05. The third-order valence-electron chi connectivity index (χ3n) is 3.96. The minimum absolute atomic E-state index is 0.0931. The molecule has 0 aliphatic heterocycles. The highest BCUT2D eigenvalue weighted by Gasteiger charge is 2.50. The Labute approximate surface area is 118 Å². The Morgan fingerprint density at radius 3 is 2.32 bits per heavy atom. The van der Waals surface area contributed by atoms with E-state index in [9.17, 15) is 9.59 Å². The smallest absolute Gasteiger partial charge is 0.233 e. The van der Waals surface area contributed by atoms with Crippen LogP contribution in [0.25, 0.3) is 0 Å². The van der Waals surface area contributed by atoms with E-state index in [0.29, 0.717) is 19.0 Å². The number of nitrogens with two attached hydrogens (primary N) is 1. The molecule has 6 heteroatoms. The summed E-state index contributed by atoms with van der Waals surface area (Å²) in [5.74, 6) is 0.683. The second-order valence-corrected chi connectivity index (χ2v) is 6.22. The van der Waals surface area contributed by atoms with Gasteiger partial charge in [-0.1, -0.05) is 19.1 Å². The molecule has 19 heavy (non-hydrogen) atoms. The van der Waals surface area contributed by atoms with Crippen molar-refractivity contribution in [2.24, 2.45) is 23.0 Å². The normalized spacial score (nSPS) is 29.2. The van der Waals surface area contributed by atoms with Gasteiger partial charge in [-0.2, -0.15) is 0 Å². The van der Waals surface area contributed by atoms with Gasteiger partial charge < -0.3 is 16.4 Å². The summed E-state index contributed by atoms with van der Waals surface area (Å²) in [6.07, 6.45) is 3.42. The topological polar surface area (TPSA) is 84.2 Å². The predicted molar refractivity (Wildman–Crippen MR) is 76.4 cm³/mol. The highest BCUT2D eigenvalue weighted by molar-refractivity contribution is 7.80. The highest BCUT2D eigenvalue weighted by Crippen LogP contribution is 2.45. The lowest BCUT2D eigenvalue weighted by Gasteiger charge is -2.44. The number of hydrogen-bond acceptors (Lipinski definition) is 3. The molecule has 2 saturated carbocycles. The van der Waals surface area contributed by atoms with Crippen LogP contribution in [0, 0.1) is 17.3 Å². The highest BCUT2D eigenvalue weighted by atomic mass is 32.1. The molecule has 0 radical (unpaired) electrons. The van der Waals surface area contributed by atoms with Crippen LogP contribution in [0.15, 0.2) is 0 Å². The molecule has 2 aliphatic rings. The van der Waals surface area contributed by atoms with E-state index < -0.39 is 5.41 Å². The Kier molecular flexibility index (Phi) is 4.08. The van der Waals surface area contributed by atoms with Crippen LogP contribution in [0.1, 0.15) is 32.6 Å². The minimum Gasteiger partial charge on any atom is -0.392 e. The lowest BCUT2D eigenvalue weighted by Crippen LogP contribution is -2.56. The molecule has 5 nitrogen and oxygen atoms in total. The summed E-state index contributed by atoms with van der Waals surface area (Å²) in [5, 5.41) is 5.63. The maximum Gasteiger partial charge on any atom is 0.233 e. The van der Waals surface area contributed by atoms with Gasteiger partial charge in [0.15, 0.2) is 0 Å². The van der Waals surface area contributed by atoms with E-state index in [4.69, 9.17) is 18.0 Å². The van der Waals surface area contributed by atoms with Crippen molar-refractivity contribution in [3.63, 3.8) is 0 Å². The van der Waals surface area contributed by atoms with Crippen LogP contribution in [0.3, 0.4) is 0 Å². The zero-order valence-corrected chi connectivity index (χ0v) is 12.0. The fraction of sp³-hybridized carbons (Fsp3) is 0.769. The van der Waals surface area contributed by atoms with Gasteiger partial charge in [0.1, 0.15) is 0 Å². The molecule has 0 aromatic rings. The first-order valence-electron chi connectivity index (χ1n) is 6.81. The van der Waals surface area contributed by atoms with E-state index in [-0.39, 0.29) is 22.7 Å². The first kappa shape index (κ1) is 14.2. The second-order valence-electron chi connectivity index (χ2n) is 5.78. The van der Waals surface area contributed by atoms with Crippen LogP contribution in [0.4, 0.5) is 0 Å². The first-order valence-corrected chi connectivity index (χ1v) is 7.22. The van der Waals surface area contributed by atoms with Crippen molar-refractivity contribution in [1.29, 1.82) is 0 Å². The van der Waals surface area contributed by atoms with Crippen molar-refractivity contribution in [2.45, 2.75) is 32.6 Å². The molecule has 106 valence electrons. The Balaban J connectivity index is 1.71. The zero-order chi connectivity index (χ0) is 14.0. The Morgan fingerprint density at radius 1 is 1.26 bits per heavy atom. The van der Waals surface area contributed by atoms with Gasteiger partial charge in [0, 0.05) is 19.0 Å². The van der Waals surface area contributed by atoms with Crippen molar-refractivity contribution >= 4 is 29.0 Å². The van der Waals surface area contributed by atoms with Crippen molar-refractivity contribution in [3.8, 4) is 0 Å². The van der Waals surface area contributed by atoms with E-state index in [1.807, 2.05) is 0 Å².